The van der Waals surface area contributed by atoms with Crippen LogP contribution in [0.25, 0.3) is 0 Å². The topological polar surface area (TPSA) is 50.7 Å². The second-order valence-electron chi connectivity index (χ2n) is 8.30. The Morgan fingerprint density at radius 3 is 2.46 bits per heavy atom. The third kappa shape index (κ3) is 2.79. The zero-order chi connectivity index (χ0) is 15.5. The van der Waals surface area contributed by atoms with E-state index in [1.165, 1.54) is 24.8 Å². The highest BCUT2D eigenvalue weighted by Crippen LogP contribution is 2.57. The Morgan fingerprint density at radius 1 is 1.04 bits per heavy atom. The van der Waals surface area contributed by atoms with Crippen molar-refractivity contribution >= 4 is 12.4 Å². The number of aliphatic hydroxyl groups is 1. The number of halogens is 1. The van der Waals surface area contributed by atoms with Crippen molar-refractivity contribution in [3.63, 3.8) is 0 Å². The molecule has 2 atom stereocenters. The van der Waals surface area contributed by atoms with E-state index in [4.69, 9.17) is 9.47 Å². The number of rotatable bonds is 3. The fourth-order valence-electron chi connectivity index (χ4n) is 5.91. The second-order valence-corrected chi connectivity index (χ2v) is 8.30. The first kappa shape index (κ1) is 16.5. The van der Waals surface area contributed by atoms with E-state index >= 15 is 0 Å². The van der Waals surface area contributed by atoms with Crippen LogP contribution in [-0.2, 0) is 6.54 Å². The lowest BCUT2D eigenvalue weighted by Crippen LogP contribution is -2.64. The number of ether oxygens (including phenoxy) is 2. The summed E-state index contributed by atoms with van der Waals surface area (Å²) >= 11 is 0. The molecular weight excluding hydrogens is 326 g/mol. The third-order valence-corrected chi connectivity index (χ3v) is 6.30. The predicted octanol–water partition coefficient (Wildman–Crippen LogP) is 3.05. The predicted molar refractivity (Wildman–Crippen MR) is 93.9 cm³/mol. The molecule has 0 spiro atoms. The van der Waals surface area contributed by atoms with E-state index in [9.17, 15) is 5.11 Å². The molecular formula is C19H26ClNO3. The Bertz CT molecular complexity index is 621. The van der Waals surface area contributed by atoms with E-state index < -0.39 is 5.60 Å². The van der Waals surface area contributed by atoms with Crippen molar-refractivity contribution in [2.24, 2.45) is 11.8 Å². The van der Waals surface area contributed by atoms with Gasteiger partial charge in [-0.05, 0) is 68.1 Å². The van der Waals surface area contributed by atoms with Crippen molar-refractivity contribution in [1.82, 2.24) is 5.32 Å². The summed E-state index contributed by atoms with van der Waals surface area (Å²) in [5, 5.41) is 14.7. The van der Waals surface area contributed by atoms with Gasteiger partial charge in [0.25, 0.3) is 0 Å². The van der Waals surface area contributed by atoms with Crippen LogP contribution in [0, 0.1) is 11.8 Å². The number of benzene rings is 1. The monoisotopic (exact) mass is 351 g/mol. The first-order valence-corrected chi connectivity index (χ1v) is 8.98. The minimum absolute atomic E-state index is 0. The Balaban J connectivity index is 0.00000146. The summed E-state index contributed by atoms with van der Waals surface area (Å²) < 4.78 is 11.3. The smallest absolute Gasteiger partial charge is 0.161 e. The molecule has 1 aliphatic heterocycles. The largest absolute Gasteiger partial charge is 0.486 e. The summed E-state index contributed by atoms with van der Waals surface area (Å²) in [6.07, 6.45) is 6.77. The van der Waals surface area contributed by atoms with Crippen LogP contribution in [0.15, 0.2) is 18.2 Å². The van der Waals surface area contributed by atoms with Gasteiger partial charge in [0.05, 0.1) is 5.60 Å². The van der Waals surface area contributed by atoms with Gasteiger partial charge in [0, 0.05) is 12.1 Å². The first-order valence-electron chi connectivity index (χ1n) is 8.98. The summed E-state index contributed by atoms with van der Waals surface area (Å²) in [5.74, 6) is 3.15. The molecule has 5 heteroatoms. The normalized spacial score (nSPS) is 38.7. The maximum atomic E-state index is 10.8. The second kappa shape index (κ2) is 5.79. The number of hydrogen-bond acceptors (Lipinski definition) is 4. The highest BCUT2D eigenvalue weighted by atomic mass is 35.5. The molecule has 4 fully saturated rings. The van der Waals surface area contributed by atoms with E-state index in [0.29, 0.717) is 25.0 Å². The summed E-state index contributed by atoms with van der Waals surface area (Å²) in [5.41, 5.74) is 0.979. The fourth-order valence-corrected chi connectivity index (χ4v) is 5.91. The van der Waals surface area contributed by atoms with Crippen molar-refractivity contribution in [2.45, 2.75) is 56.2 Å². The molecule has 1 aromatic rings. The molecule has 4 nitrogen and oxygen atoms in total. The van der Waals surface area contributed by atoms with Crippen LogP contribution >= 0.6 is 12.4 Å². The lowest BCUT2D eigenvalue weighted by atomic mass is 9.51. The molecule has 1 heterocycles. The lowest BCUT2D eigenvalue weighted by Gasteiger charge is -2.60. The fraction of sp³-hybridized carbons (Fsp3) is 0.684. The Morgan fingerprint density at radius 2 is 1.75 bits per heavy atom. The molecule has 5 aliphatic rings. The Hall–Kier alpha value is -0.970. The Kier molecular flexibility index (Phi) is 3.98. The van der Waals surface area contributed by atoms with E-state index in [0.717, 1.165) is 37.3 Å². The van der Waals surface area contributed by atoms with Crippen molar-refractivity contribution in [3.05, 3.63) is 23.8 Å². The molecule has 2 unspecified atom stereocenters. The molecule has 0 amide bonds. The maximum absolute atomic E-state index is 10.8. The molecule has 2 N–H and O–H groups in total. The molecule has 0 radical (unpaired) electrons. The standard InChI is InChI=1S/C19H25NO3.ClH/c21-19-9-14-5-15(10-19)8-18(7-14,12-19)20-11-13-1-2-16-17(6-13)23-4-3-22-16;/h1-2,6,14-15,20-21H,3-5,7-12H2;1H. The van der Waals surface area contributed by atoms with Crippen molar-refractivity contribution in [3.8, 4) is 11.5 Å². The van der Waals surface area contributed by atoms with Crippen LogP contribution in [0.1, 0.15) is 44.1 Å². The molecule has 4 aliphatic carbocycles. The average molecular weight is 352 g/mol. The van der Waals surface area contributed by atoms with Crippen LogP contribution in [0.5, 0.6) is 11.5 Å². The molecule has 6 rings (SSSR count). The molecule has 0 saturated heterocycles. The average Bonchev–Trinajstić information content (AvgIpc) is 2.50. The minimum Gasteiger partial charge on any atom is -0.486 e. The van der Waals surface area contributed by atoms with Crippen LogP contribution in [-0.4, -0.2) is 29.5 Å². The van der Waals surface area contributed by atoms with Crippen LogP contribution in [0.3, 0.4) is 0 Å². The van der Waals surface area contributed by atoms with Crippen molar-refractivity contribution in [1.29, 1.82) is 0 Å². The maximum Gasteiger partial charge on any atom is 0.161 e. The number of hydrogen-bond donors (Lipinski definition) is 2. The quantitative estimate of drug-likeness (QED) is 0.878. The van der Waals surface area contributed by atoms with E-state index in [1.54, 1.807) is 0 Å². The van der Waals surface area contributed by atoms with Gasteiger partial charge in [-0.3, -0.25) is 0 Å². The minimum atomic E-state index is -0.399. The van der Waals surface area contributed by atoms with Gasteiger partial charge < -0.3 is 19.9 Å². The van der Waals surface area contributed by atoms with E-state index in [1.807, 2.05) is 6.07 Å². The lowest BCUT2D eigenvalue weighted by molar-refractivity contribution is -0.142. The highest BCUT2D eigenvalue weighted by Gasteiger charge is 2.56. The third-order valence-electron chi connectivity index (χ3n) is 6.30. The summed E-state index contributed by atoms with van der Waals surface area (Å²) in [7, 11) is 0. The van der Waals surface area contributed by atoms with Gasteiger partial charge >= 0.3 is 0 Å². The number of fused-ring (bicyclic) bond motifs is 1. The van der Waals surface area contributed by atoms with Crippen molar-refractivity contribution < 1.29 is 14.6 Å². The summed E-state index contributed by atoms with van der Waals surface area (Å²) in [4.78, 5) is 0. The zero-order valence-corrected chi connectivity index (χ0v) is 14.7. The van der Waals surface area contributed by atoms with Crippen molar-refractivity contribution in [2.75, 3.05) is 13.2 Å². The Labute approximate surface area is 149 Å². The van der Waals surface area contributed by atoms with E-state index in [2.05, 4.69) is 17.4 Å². The summed E-state index contributed by atoms with van der Waals surface area (Å²) in [6.45, 7) is 2.10. The highest BCUT2D eigenvalue weighted by molar-refractivity contribution is 5.85. The van der Waals surface area contributed by atoms with Gasteiger partial charge in [0.2, 0.25) is 0 Å². The van der Waals surface area contributed by atoms with Crippen LogP contribution in [0.2, 0.25) is 0 Å². The SMILES string of the molecule is Cl.OC12CC3CC(C1)CC(NCc1ccc4c(c1)OCCO4)(C3)C2. The molecule has 4 bridgehead atoms. The van der Waals surface area contributed by atoms with Crippen LogP contribution < -0.4 is 14.8 Å². The first-order chi connectivity index (χ1) is 11.1. The van der Waals surface area contributed by atoms with Gasteiger partial charge in [0.1, 0.15) is 13.2 Å². The van der Waals surface area contributed by atoms with Gasteiger partial charge in [0.15, 0.2) is 11.5 Å². The zero-order valence-electron chi connectivity index (χ0n) is 13.9. The molecule has 0 aromatic heterocycles. The van der Waals surface area contributed by atoms with E-state index in [-0.39, 0.29) is 17.9 Å². The van der Waals surface area contributed by atoms with Gasteiger partial charge in [-0.15, -0.1) is 12.4 Å². The number of nitrogens with one attached hydrogen (secondary N) is 1. The summed E-state index contributed by atoms with van der Waals surface area (Å²) in [6, 6.07) is 6.23. The molecule has 24 heavy (non-hydrogen) atoms. The van der Waals surface area contributed by atoms with Gasteiger partial charge in [-0.25, -0.2) is 0 Å². The molecule has 1 aromatic carbocycles. The van der Waals surface area contributed by atoms with Crippen LogP contribution in [0.4, 0.5) is 0 Å². The van der Waals surface area contributed by atoms with Gasteiger partial charge in [-0.1, -0.05) is 6.07 Å². The van der Waals surface area contributed by atoms with Gasteiger partial charge in [-0.2, -0.15) is 0 Å². The molecule has 4 saturated carbocycles. The molecule has 132 valence electrons.